The van der Waals surface area contributed by atoms with E-state index < -0.39 is 0 Å². The molecule has 0 saturated heterocycles. The second-order valence-electron chi connectivity index (χ2n) is 4.31. The molecule has 1 heterocycles. The van der Waals surface area contributed by atoms with Crippen molar-refractivity contribution in [3.8, 4) is 0 Å². The van der Waals surface area contributed by atoms with Gasteiger partial charge in [0.1, 0.15) is 4.99 Å². The number of hydrogen-bond donors (Lipinski definition) is 2. The van der Waals surface area contributed by atoms with E-state index in [9.17, 15) is 0 Å². The third kappa shape index (κ3) is 4.34. The van der Waals surface area contributed by atoms with E-state index in [1.807, 2.05) is 18.2 Å². The van der Waals surface area contributed by atoms with Crippen LogP contribution in [0, 0.1) is 0 Å². The van der Waals surface area contributed by atoms with E-state index in [2.05, 4.69) is 34.6 Å². The van der Waals surface area contributed by atoms with Crippen LogP contribution < -0.4 is 11.1 Å². The number of aromatic nitrogens is 1. The topological polar surface area (TPSA) is 50.9 Å². The minimum Gasteiger partial charge on any atom is -0.388 e. The van der Waals surface area contributed by atoms with Crippen molar-refractivity contribution in [2.24, 2.45) is 5.73 Å². The molecular formula is C15H17N3S. The molecule has 2 aromatic rings. The molecule has 2 rings (SSSR count). The van der Waals surface area contributed by atoms with Gasteiger partial charge in [0.2, 0.25) is 0 Å². The zero-order valence-electron chi connectivity index (χ0n) is 10.7. The lowest BCUT2D eigenvalue weighted by Gasteiger charge is -2.07. The summed E-state index contributed by atoms with van der Waals surface area (Å²) >= 11 is 4.91. The zero-order valence-corrected chi connectivity index (χ0v) is 11.5. The van der Waals surface area contributed by atoms with Crippen LogP contribution in [0.2, 0.25) is 0 Å². The fourth-order valence-corrected chi connectivity index (χ4v) is 1.96. The van der Waals surface area contributed by atoms with Gasteiger partial charge in [0, 0.05) is 18.4 Å². The summed E-state index contributed by atoms with van der Waals surface area (Å²) in [4.78, 5) is 4.44. The lowest BCUT2D eigenvalue weighted by molar-refractivity contribution is 0.863. The number of pyridine rings is 1. The Labute approximate surface area is 118 Å². The standard InChI is InChI=1S/C15H17N3S/c16-15(19)14-11-13(8-10-18-14)17-9-4-7-12-5-2-1-3-6-12/h1-3,5-6,8,10-11H,4,7,9H2,(H2,16,19)(H,17,18). The molecule has 1 aromatic heterocycles. The van der Waals surface area contributed by atoms with E-state index in [0.29, 0.717) is 10.7 Å². The predicted octanol–water partition coefficient (Wildman–Crippen LogP) is 2.76. The first-order valence-corrected chi connectivity index (χ1v) is 6.70. The van der Waals surface area contributed by atoms with Crippen LogP contribution in [0.25, 0.3) is 0 Å². The number of nitrogens with zero attached hydrogens (tertiary/aromatic N) is 1. The first-order valence-electron chi connectivity index (χ1n) is 6.29. The molecule has 0 fully saturated rings. The Morgan fingerprint density at radius 3 is 2.74 bits per heavy atom. The quantitative estimate of drug-likeness (QED) is 0.626. The summed E-state index contributed by atoms with van der Waals surface area (Å²) < 4.78 is 0. The Morgan fingerprint density at radius 1 is 1.21 bits per heavy atom. The van der Waals surface area contributed by atoms with Crippen molar-refractivity contribution < 1.29 is 0 Å². The van der Waals surface area contributed by atoms with Crippen LogP contribution in [0.3, 0.4) is 0 Å². The van der Waals surface area contributed by atoms with E-state index >= 15 is 0 Å². The highest BCUT2D eigenvalue weighted by atomic mass is 32.1. The first-order chi connectivity index (χ1) is 9.25. The minimum atomic E-state index is 0.327. The Hall–Kier alpha value is -1.94. The number of nitrogens with two attached hydrogens (primary N) is 1. The summed E-state index contributed by atoms with van der Waals surface area (Å²) in [6, 6.07) is 14.3. The summed E-state index contributed by atoms with van der Waals surface area (Å²) in [7, 11) is 0. The number of aryl methyl sites for hydroxylation is 1. The van der Waals surface area contributed by atoms with Crippen LogP contribution in [0.15, 0.2) is 48.7 Å². The Morgan fingerprint density at radius 2 is 2.00 bits per heavy atom. The third-order valence-electron chi connectivity index (χ3n) is 2.83. The van der Waals surface area contributed by atoms with Gasteiger partial charge < -0.3 is 11.1 Å². The lowest BCUT2D eigenvalue weighted by Crippen LogP contribution is -2.12. The Kier molecular flexibility index (Phi) is 4.86. The average molecular weight is 271 g/mol. The van der Waals surface area contributed by atoms with Gasteiger partial charge in [-0.25, -0.2) is 0 Å². The number of benzene rings is 1. The van der Waals surface area contributed by atoms with Crippen molar-refractivity contribution in [1.82, 2.24) is 4.98 Å². The summed E-state index contributed by atoms with van der Waals surface area (Å²) in [5.74, 6) is 0. The molecule has 0 radical (unpaired) electrons. The highest BCUT2D eigenvalue weighted by Crippen LogP contribution is 2.09. The van der Waals surface area contributed by atoms with Crippen molar-refractivity contribution in [3.63, 3.8) is 0 Å². The van der Waals surface area contributed by atoms with Gasteiger partial charge in [-0.3, -0.25) is 4.98 Å². The molecule has 0 aliphatic rings. The lowest BCUT2D eigenvalue weighted by atomic mass is 10.1. The first kappa shape index (κ1) is 13.5. The number of rotatable bonds is 6. The van der Waals surface area contributed by atoms with Crippen LogP contribution in [-0.4, -0.2) is 16.5 Å². The second-order valence-corrected chi connectivity index (χ2v) is 4.75. The Balaban J connectivity index is 1.80. The van der Waals surface area contributed by atoms with Crippen LogP contribution in [0.1, 0.15) is 17.7 Å². The molecule has 0 atom stereocenters. The molecule has 0 unspecified atom stereocenters. The molecule has 4 heteroatoms. The molecule has 3 N–H and O–H groups in total. The van der Waals surface area contributed by atoms with Gasteiger partial charge in [-0.1, -0.05) is 42.5 Å². The molecule has 0 aliphatic heterocycles. The smallest absolute Gasteiger partial charge is 0.122 e. The van der Waals surface area contributed by atoms with Gasteiger partial charge >= 0.3 is 0 Å². The van der Waals surface area contributed by atoms with E-state index in [0.717, 1.165) is 25.1 Å². The van der Waals surface area contributed by atoms with Crippen LogP contribution in [0.5, 0.6) is 0 Å². The summed E-state index contributed by atoms with van der Waals surface area (Å²) in [6.45, 7) is 0.912. The zero-order chi connectivity index (χ0) is 13.5. The monoisotopic (exact) mass is 271 g/mol. The molecule has 0 saturated carbocycles. The SMILES string of the molecule is NC(=S)c1cc(NCCCc2ccccc2)ccn1. The minimum absolute atomic E-state index is 0.327. The highest BCUT2D eigenvalue weighted by molar-refractivity contribution is 7.80. The molecule has 98 valence electrons. The summed E-state index contributed by atoms with van der Waals surface area (Å²) in [5, 5.41) is 3.35. The maximum atomic E-state index is 5.55. The molecule has 0 bridgehead atoms. The maximum absolute atomic E-state index is 5.55. The molecule has 3 nitrogen and oxygen atoms in total. The molecule has 0 aliphatic carbocycles. The molecule has 0 spiro atoms. The molecule has 0 amide bonds. The van der Waals surface area contributed by atoms with Gasteiger partial charge in [-0.15, -0.1) is 0 Å². The largest absolute Gasteiger partial charge is 0.388 e. The van der Waals surface area contributed by atoms with Crippen molar-refractivity contribution >= 4 is 22.9 Å². The van der Waals surface area contributed by atoms with E-state index in [1.54, 1.807) is 6.20 Å². The summed E-state index contributed by atoms with van der Waals surface area (Å²) in [6.07, 6.45) is 3.86. The van der Waals surface area contributed by atoms with Gasteiger partial charge in [0.15, 0.2) is 0 Å². The number of nitrogens with one attached hydrogen (secondary N) is 1. The Bertz CT molecular complexity index is 540. The normalized spacial score (nSPS) is 10.1. The number of anilines is 1. The van der Waals surface area contributed by atoms with Crippen LogP contribution in [0.4, 0.5) is 5.69 Å². The fourth-order valence-electron chi connectivity index (χ4n) is 1.85. The number of hydrogen-bond acceptors (Lipinski definition) is 3. The second kappa shape index (κ2) is 6.85. The summed E-state index contributed by atoms with van der Waals surface area (Å²) in [5.41, 5.74) is 8.58. The molecule has 1 aromatic carbocycles. The third-order valence-corrected chi connectivity index (χ3v) is 3.04. The van der Waals surface area contributed by atoms with Crippen LogP contribution in [-0.2, 0) is 6.42 Å². The van der Waals surface area contributed by atoms with Crippen LogP contribution >= 0.6 is 12.2 Å². The molecular weight excluding hydrogens is 254 g/mol. The molecule has 19 heavy (non-hydrogen) atoms. The van der Waals surface area contributed by atoms with Gasteiger partial charge in [0.25, 0.3) is 0 Å². The number of thiocarbonyl (C=S) groups is 1. The van der Waals surface area contributed by atoms with Crippen molar-refractivity contribution in [1.29, 1.82) is 0 Å². The van der Waals surface area contributed by atoms with Crippen molar-refractivity contribution in [2.45, 2.75) is 12.8 Å². The van der Waals surface area contributed by atoms with Crippen molar-refractivity contribution in [3.05, 3.63) is 59.9 Å². The van der Waals surface area contributed by atoms with Gasteiger partial charge in [-0.2, -0.15) is 0 Å². The van der Waals surface area contributed by atoms with E-state index in [4.69, 9.17) is 18.0 Å². The maximum Gasteiger partial charge on any atom is 0.122 e. The van der Waals surface area contributed by atoms with E-state index in [-0.39, 0.29) is 0 Å². The van der Waals surface area contributed by atoms with E-state index in [1.165, 1.54) is 5.56 Å². The average Bonchev–Trinajstić information content (AvgIpc) is 2.45. The highest BCUT2D eigenvalue weighted by Gasteiger charge is 1.99. The predicted molar refractivity (Wildman–Crippen MR) is 83.4 cm³/mol. The van der Waals surface area contributed by atoms with Gasteiger partial charge in [-0.05, 0) is 30.5 Å². The van der Waals surface area contributed by atoms with Gasteiger partial charge in [0.05, 0.1) is 5.69 Å². The fraction of sp³-hybridized carbons (Fsp3) is 0.200. The van der Waals surface area contributed by atoms with Crippen molar-refractivity contribution in [2.75, 3.05) is 11.9 Å².